The second-order valence-corrected chi connectivity index (χ2v) is 7.57. The van der Waals surface area contributed by atoms with Crippen LogP contribution in [0.5, 0.6) is 5.75 Å². The second kappa shape index (κ2) is 8.19. The molecule has 32 heavy (non-hydrogen) atoms. The van der Waals surface area contributed by atoms with Crippen molar-refractivity contribution in [1.29, 1.82) is 0 Å². The molecular weight excluding hydrogens is 398 g/mol. The van der Waals surface area contributed by atoms with Crippen LogP contribution in [-0.2, 0) is 6.42 Å². The Hall–Kier alpha value is -4.12. The largest absolute Gasteiger partial charge is 0.497 e. The molecule has 0 aliphatic rings. The van der Waals surface area contributed by atoms with Crippen molar-refractivity contribution in [1.82, 2.24) is 14.6 Å². The number of hydrogen-bond acceptors (Lipinski definition) is 3. The summed E-state index contributed by atoms with van der Waals surface area (Å²) in [4.78, 5) is 18.7. The molecule has 0 radical (unpaired) electrons. The molecule has 5 heteroatoms. The number of fused-ring (bicyclic) bond motifs is 1. The van der Waals surface area contributed by atoms with Crippen molar-refractivity contribution in [3.63, 3.8) is 0 Å². The van der Waals surface area contributed by atoms with Gasteiger partial charge in [-0.25, -0.2) is 4.98 Å². The monoisotopic (exact) mass is 421 g/mol. The summed E-state index contributed by atoms with van der Waals surface area (Å²) >= 11 is 0. The van der Waals surface area contributed by atoms with Crippen molar-refractivity contribution >= 4 is 5.65 Å². The Bertz CT molecular complexity index is 1430. The van der Waals surface area contributed by atoms with Gasteiger partial charge in [-0.15, -0.1) is 0 Å². The molecule has 5 nitrogen and oxygen atoms in total. The van der Waals surface area contributed by atoms with Gasteiger partial charge in [0.15, 0.2) is 5.65 Å². The van der Waals surface area contributed by atoms with Crippen LogP contribution in [0.4, 0.5) is 0 Å². The van der Waals surface area contributed by atoms with E-state index < -0.39 is 0 Å². The maximum atomic E-state index is 13.8. The summed E-state index contributed by atoms with van der Waals surface area (Å²) in [5, 5.41) is 3.35. The lowest BCUT2D eigenvalue weighted by atomic mass is 10.0. The van der Waals surface area contributed by atoms with Gasteiger partial charge in [0.25, 0.3) is 5.56 Å². The fourth-order valence-electron chi connectivity index (χ4n) is 4.11. The topological polar surface area (TPSA) is 59.4 Å². The van der Waals surface area contributed by atoms with Gasteiger partial charge in [0.2, 0.25) is 0 Å². The zero-order chi connectivity index (χ0) is 22.1. The van der Waals surface area contributed by atoms with E-state index in [1.807, 2.05) is 91.9 Å². The van der Waals surface area contributed by atoms with Gasteiger partial charge in [0.05, 0.1) is 29.6 Å². The minimum absolute atomic E-state index is 0.114. The lowest BCUT2D eigenvalue weighted by Gasteiger charge is -2.09. The van der Waals surface area contributed by atoms with E-state index >= 15 is 0 Å². The molecular formula is C27H23N3O2. The molecule has 1 N–H and O–H groups in total. The van der Waals surface area contributed by atoms with E-state index in [2.05, 4.69) is 5.10 Å². The van der Waals surface area contributed by atoms with E-state index in [4.69, 9.17) is 9.72 Å². The highest BCUT2D eigenvalue weighted by atomic mass is 16.5. The first-order valence-corrected chi connectivity index (χ1v) is 10.6. The number of benzene rings is 3. The molecule has 0 spiro atoms. The third kappa shape index (κ3) is 3.28. The van der Waals surface area contributed by atoms with Gasteiger partial charge >= 0.3 is 0 Å². The maximum absolute atomic E-state index is 13.8. The van der Waals surface area contributed by atoms with Crippen molar-refractivity contribution in [3.8, 4) is 39.3 Å². The van der Waals surface area contributed by atoms with Crippen molar-refractivity contribution in [2.24, 2.45) is 0 Å². The zero-order valence-corrected chi connectivity index (χ0v) is 18.0. The summed E-state index contributed by atoms with van der Waals surface area (Å²) in [6, 6.07) is 27.6. The number of H-pyrrole nitrogens is 1. The molecule has 0 fully saturated rings. The Balaban J connectivity index is 1.84. The Kier molecular flexibility index (Phi) is 5.07. The van der Waals surface area contributed by atoms with E-state index in [0.29, 0.717) is 17.6 Å². The van der Waals surface area contributed by atoms with Crippen LogP contribution in [0, 0.1) is 0 Å². The predicted octanol–water partition coefficient (Wildman–Crippen LogP) is 5.59. The molecule has 0 bridgehead atoms. The van der Waals surface area contributed by atoms with Crippen LogP contribution in [0.25, 0.3) is 39.2 Å². The Labute approximate surface area is 185 Å². The highest BCUT2D eigenvalue weighted by molar-refractivity contribution is 5.91. The number of nitrogens with zero attached hydrogens (tertiary/aromatic N) is 2. The van der Waals surface area contributed by atoms with E-state index in [1.54, 1.807) is 11.6 Å². The quantitative estimate of drug-likeness (QED) is 0.402. The minimum Gasteiger partial charge on any atom is -0.497 e. The lowest BCUT2D eigenvalue weighted by molar-refractivity contribution is 0.415. The Morgan fingerprint density at radius 1 is 0.812 bits per heavy atom. The minimum atomic E-state index is -0.114. The molecule has 0 saturated heterocycles. The smallest absolute Gasteiger partial charge is 0.280 e. The average Bonchev–Trinajstić information content (AvgIpc) is 3.25. The number of aryl methyl sites for hydroxylation is 1. The van der Waals surface area contributed by atoms with Crippen molar-refractivity contribution in [3.05, 3.63) is 101 Å². The van der Waals surface area contributed by atoms with Crippen molar-refractivity contribution in [2.45, 2.75) is 13.3 Å². The Morgan fingerprint density at radius 3 is 2.00 bits per heavy atom. The SMILES string of the molecule is CCc1nc2c(-c3ccccc3)c(-c3ccccc3)[nH]n2c(=O)c1-c1ccc(OC)cc1. The standard InChI is InChI=1S/C27H23N3O2/c1-3-22-23(19-14-16-21(32-2)17-15-19)27(31)30-26(28-22)24(18-10-6-4-7-11-18)25(29-30)20-12-8-5-9-13-20/h4-17,29H,3H2,1-2H3. The first kappa shape index (κ1) is 19.8. The average molecular weight is 422 g/mol. The molecule has 2 heterocycles. The van der Waals surface area contributed by atoms with Crippen LogP contribution in [0.15, 0.2) is 89.7 Å². The molecule has 0 aliphatic heterocycles. The normalized spacial score (nSPS) is 11.1. The van der Waals surface area contributed by atoms with Gasteiger partial charge in [-0.05, 0) is 29.7 Å². The molecule has 158 valence electrons. The molecule has 0 atom stereocenters. The molecule has 2 aromatic heterocycles. The van der Waals surface area contributed by atoms with Crippen LogP contribution in [0.3, 0.4) is 0 Å². The molecule has 0 amide bonds. The third-order valence-corrected chi connectivity index (χ3v) is 5.69. The molecule has 0 aliphatic carbocycles. The third-order valence-electron chi connectivity index (χ3n) is 5.69. The highest BCUT2D eigenvalue weighted by Gasteiger charge is 2.21. The summed E-state index contributed by atoms with van der Waals surface area (Å²) in [5.74, 6) is 0.749. The summed E-state index contributed by atoms with van der Waals surface area (Å²) in [6.45, 7) is 2.03. The number of aromatic nitrogens is 3. The van der Waals surface area contributed by atoms with Gasteiger partial charge in [0.1, 0.15) is 5.75 Å². The van der Waals surface area contributed by atoms with Gasteiger partial charge < -0.3 is 4.74 Å². The van der Waals surface area contributed by atoms with Gasteiger partial charge in [-0.2, -0.15) is 4.52 Å². The maximum Gasteiger partial charge on any atom is 0.280 e. The van der Waals surface area contributed by atoms with Crippen molar-refractivity contribution in [2.75, 3.05) is 7.11 Å². The van der Waals surface area contributed by atoms with Crippen LogP contribution in [0.2, 0.25) is 0 Å². The first-order chi connectivity index (χ1) is 15.7. The number of aromatic amines is 1. The molecule has 0 unspecified atom stereocenters. The summed E-state index contributed by atoms with van der Waals surface area (Å²) in [6.07, 6.45) is 0.646. The predicted molar refractivity (Wildman–Crippen MR) is 128 cm³/mol. The van der Waals surface area contributed by atoms with Gasteiger partial charge in [-0.3, -0.25) is 9.89 Å². The highest BCUT2D eigenvalue weighted by Crippen LogP contribution is 2.35. The summed E-state index contributed by atoms with van der Waals surface area (Å²) in [5.41, 5.74) is 6.53. The summed E-state index contributed by atoms with van der Waals surface area (Å²) in [7, 11) is 1.63. The van der Waals surface area contributed by atoms with Crippen molar-refractivity contribution < 1.29 is 4.74 Å². The molecule has 3 aromatic carbocycles. The number of hydrogen-bond donors (Lipinski definition) is 1. The van der Waals surface area contributed by atoms with E-state index in [0.717, 1.165) is 39.4 Å². The van der Waals surface area contributed by atoms with Crippen LogP contribution >= 0.6 is 0 Å². The molecule has 0 saturated carbocycles. The molecule has 5 aromatic rings. The van der Waals surface area contributed by atoms with Gasteiger partial charge in [0, 0.05) is 5.56 Å². The zero-order valence-electron chi connectivity index (χ0n) is 18.0. The number of rotatable bonds is 5. The fraction of sp³-hybridized carbons (Fsp3) is 0.111. The van der Waals surface area contributed by atoms with Crippen LogP contribution in [-0.4, -0.2) is 21.7 Å². The van der Waals surface area contributed by atoms with E-state index in [-0.39, 0.29) is 5.56 Å². The van der Waals surface area contributed by atoms with Crippen LogP contribution in [0.1, 0.15) is 12.6 Å². The van der Waals surface area contributed by atoms with E-state index in [1.165, 1.54) is 0 Å². The lowest BCUT2D eigenvalue weighted by Crippen LogP contribution is -2.20. The number of methoxy groups -OCH3 is 1. The number of ether oxygens (including phenoxy) is 1. The first-order valence-electron chi connectivity index (χ1n) is 10.6. The van der Waals surface area contributed by atoms with E-state index in [9.17, 15) is 4.79 Å². The summed E-state index contributed by atoms with van der Waals surface area (Å²) < 4.78 is 6.85. The van der Waals surface area contributed by atoms with Gasteiger partial charge in [-0.1, -0.05) is 79.7 Å². The molecule has 5 rings (SSSR count). The fourth-order valence-corrected chi connectivity index (χ4v) is 4.11. The Morgan fingerprint density at radius 2 is 1.41 bits per heavy atom. The van der Waals surface area contributed by atoms with Crippen LogP contribution < -0.4 is 10.3 Å². The number of nitrogens with one attached hydrogen (secondary N) is 1. The second-order valence-electron chi connectivity index (χ2n) is 7.57.